The summed E-state index contributed by atoms with van der Waals surface area (Å²) >= 11 is 0. The van der Waals surface area contributed by atoms with E-state index in [0.29, 0.717) is 12.2 Å². The standard InChI is InChI=1S/C16H18F3N5/c1-11-4-5-15(23-22-11)24-8-2-3-13(10-24)21-12-6-7-20-14(9-12)16(17,18)19/h4-7,9,13H,2-3,8,10H2,1H3,(H,20,21). The summed E-state index contributed by atoms with van der Waals surface area (Å²) in [7, 11) is 0. The van der Waals surface area contributed by atoms with Gasteiger partial charge in [0.05, 0.1) is 5.69 Å². The van der Waals surface area contributed by atoms with Gasteiger partial charge in [-0.2, -0.15) is 18.3 Å². The van der Waals surface area contributed by atoms with Crippen LogP contribution < -0.4 is 10.2 Å². The van der Waals surface area contributed by atoms with Gasteiger partial charge in [-0.15, -0.1) is 5.10 Å². The van der Waals surface area contributed by atoms with Crippen molar-refractivity contribution in [3.05, 3.63) is 41.9 Å². The first kappa shape index (κ1) is 16.5. The van der Waals surface area contributed by atoms with Gasteiger partial charge in [0.1, 0.15) is 5.69 Å². The number of aryl methyl sites for hydroxylation is 1. The third-order valence-corrected chi connectivity index (χ3v) is 3.95. The monoisotopic (exact) mass is 337 g/mol. The molecule has 5 nitrogen and oxygen atoms in total. The SMILES string of the molecule is Cc1ccc(N2CCCC(Nc3ccnc(C(F)(F)F)c3)C2)nn1. The summed E-state index contributed by atoms with van der Waals surface area (Å²) in [5.74, 6) is 0.790. The van der Waals surface area contributed by atoms with Crippen LogP contribution in [0.1, 0.15) is 24.2 Å². The lowest BCUT2D eigenvalue weighted by atomic mass is 10.1. The molecule has 1 aliphatic rings. The van der Waals surface area contributed by atoms with Crippen molar-refractivity contribution in [3.8, 4) is 0 Å². The first-order chi connectivity index (χ1) is 11.4. The molecule has 1 saturated heterocycles. The van der Waals surface area contributed by atoms with Crippen LogP contribution in [0.2, 0.25) is 0 Å². The number of alkyl halides is 3. The Kier molecular flexibility index (Phi) is 4.55. The Hall–Kier alpha value is -2.38. The fraction of sp³-hybridized carbons (Fsp3) is 0.438. The molecule has 2 aromatic rings. The molecule has 0 aromatic carbocycles. The van der Waals surface area contributed by atoms with E-state index < -0.39 is 11.9 Å². The molecule has 3 rings (SSSR count). The number of nitrogens with zero attached hydrogens (tertiary/aromatic N) is 4. The van der Waals surface area contributed by atoms with E-state index in [0.717, 1.165) is 37.0 Å². The predicted molar refractivity (Wildman–Crippen MR) is 84.9 cm³/mol. The smallest absolute Gasteiger partial charge is 0.380 e. The number of piperidine rings is 1. The van der Waals surface area contributed by atoms with E-state index in [4.69, 9.17) is 0 Å². The highest BCUT2D eigenvalue weighted by Crippen LogP contribution is 2.29. The van der Waals surface area contributed by atoms with Crippen LogP contribution in [0, 0.1) is 6.92 Å². The van der Waals surface area contributed by atoms with Crippen LogP contribution in [0.5, 0.6) is 0 Å². The van der Waals surface area contributed by atoms with Crippen LogP contribution in [0.25, 0.3) is 0 Å². The van der Waals surface area contributed by atoms with Crippen molar-refractivity contribution in [2.45, 2.75) is 32.0 Å². The fourth-order valence-corrected chi connectivity index (χ4v) is 2.77. The van der Waals surface area contributed by atoms with Crippen LogP contribution in [-0.4, -0.2) is 34.3 Å². The molecule has 0 amide bonds. The van der Waals surface area contributed by atoms with E-state index >= 15 is 0 Å². The van der Waals surface area contributed by atoms with Gasteiger partial charge in [0.15, 0.2) is 5.82 Å². The first-order valence-electron chi connectivity index (χ1n) is 7.77. The average Bonchev–Trinajstić information content (AvgIpc) is 2.55. The second kappa shape index (κ2) is 6.62. The maximum atomic E-state index is 12.7. The Morgan fingerprint density at radius 2 is 2.04 bits per heavy atom. The zero-order valence-corrected chi connectivity index (χ0v) is 13.2. The Bertz CT molecular complexity index is 687. The molecule has 2 aromatic heterocycles. The summed E-state index contributed by atoms with van der Waals surface area (Å²) in [5, 5.41) is 11.4. The highest BCUT2D eigenvalue weighted by atomic mass is 19.4. The predicted octanol–water partition coefficient (Wildman–Crippen LogP) is 3.28. The van der Waals surface area contributed by atoms with Gasteiger partial charge in [-0.3, -0.25) is 4.98 Å². The van der Waals surface area contributed by atoms with E-state index in [1.165, 1.54) is 6.20 Å². The zero-order chi connectivity index (χ0) is 17.2. The fourth-order valence-electron chi connectivity index (χ4n) is 2.77. The molecule has 128 valence electrons. The number of rotatable bonds is 3. The van der Waals surface area contributed by atoms with Gasteiger partial charge < -0.3 is 10.2 Å². The number of aromatic nitrogens is 3. The van der Waals surface area contributed by atoms with E-state index in [9.17, 15) is 13.2 Å². The summed E-state index contributed by atoms with van der Waals surface area (Å²) in [6.07, 6.45) is -1.44. The molecule has 24 heavy (non-hydrogen) atoms. The van der Waals surface area contributed by atoms with Crippen molar-refractivity contribution in [2.24, 2.45) is 0 Å². The van der Waals surface area contributed by atoms with E-state index in [-0.39, 0.29) is 6.04 Å². The summed E-state index contributed by atoms with van der Waals surface area (Å²) in [6.45, 7) is 3.40. The molecule has 0 spiro atoms. The Balaban J connectivity index is 1.68. The number of pyridine rings is 1. The van der Waals surface area contributed by atoms with Crippen LogP contribution in [0.15, 0.2) is 30.5 Å². The van der Waals surface area contributed by atoms with Crippen LogP contribution in [0.3, 0.4) is 0 Å². The number of hydrogen-bond donors (Lipinski definition) is 1. The van der Waals surface area contributed by atoms with Gasteiger partial charge in [0, 0.05) is 31.0 Å². The van der Waals surface area contributed by atoms with Crippen molar-refractivity contribution in [2.75, 3.05) is 23.3 Å². The minimum atomic E-state index is -4.44. The summed E-state index contributed by atoms with van der Waals surface area (Å²) < 4.78 is 38.2. The number of hydrogen-bond acceptors (Lipinski definition) is 5. The van der Waals surface area contributed by atoms with Gasteiger partial charge in [0.25, 0.3) is 0 Å². The average molecular weight is 337 g/mol. The second-order valence-corrected chi connectivity index (χ2v) is 5.89. The van der Waals surface area contributed by atoms with Crippen molar-refractivity contribution in [1.29, 1.82) is 0 Å². The van der Waals surface area contributed by atoms with E-state index in [2.05, 4.69) is 25.4 Å². The Morgan fingerprint density at radius 1 is 1.21 bits per heavy atom. The normalized spacial score (nSPS) is 18.5. The topological polar surface area (TPSA) is 53.9 Å². The summed E-state index contributed by atoms with van der Waals surface area (Å²) in [4.78, 5) is 5.48. The molecule has 3 heterocycles. The second-order valence-electron chi connectivity index (χ2n) is 5.89. The van der Waals surface area contributed by atoms with Gasteiger partial charge in [-0.1, -0.05) is 0 Å². The molecule has 0 saturated carbocycles. The minimum Gasteiger partial charge on any atom is -0.380 e. The largest absolute Gasteiger partial charge is 0.433 e. The summed E-state index contributed by atoms with van der Waals surface area (Å²) in [5.41, 5.74) is 0.394. The lowest BCUT2D eigenvalue weighted by Gasteiger charge is -2.34. The molecule has 1 aliphatic heterocycles. The maximum absolute atomic E-state index is 12.7. The van der Waals surface area contributed by atoms with Crippen molar-refractivity contribution < 1.29 is 13.2 Å². The quantitative estimate of drug-likeness (QED) is 0.931. The van der Waals surface area contributed by atoms with Crippen molar-refractivity contribution in [1.82, 2.24) is 15.2 Å². The van der Waals surface area contributed by atoms with Crippen LogP contribution in [-0.2, 0) is 6.18 Å². The van der Waals surface area contributed by atoms with Gasteiger partial charge in [-0.05, 0) is 44.0 Å². The van der Waals surface area contributed by atoms with Crippen molar-refractivity contribution >= 4 is 11.5 Å². The lowest BCUT2D eigenvalue weighted by molar-refractivity contribution is -0.141. The molecule has 1 unspecified atom stereocenters. The van der Waals surface area contributed by atoms with Crippen LogP contribution >= 0.6 is 0 Å². The van der Waals surface area contributed by atoms with Crippen LogP contribution in [0.4, 0.5) is 24.7 Å². The van der Waals surface area contributed by atoms with Gasteiger partial charge >= 0.3 is 6.18 Å². The third-order valence-electron chi connectivity index (χ3n) is 3.95. The summed E-state index contributed by atoms with van der Waals surface area (Å²) in [6, 6.07) is 6.46. The van der Waals surface area contributed by atoms with Crippen molar-refractivity contribution in [3.63, 3.8) is 0 Å². The maximum Gasteiger partial charge on any atom is 0.433 e. The van der Waals surface area contributed by atoms with Gasteiger partial charge in [0.2, 0.25) is 0 Å². The highest BCUT2D eigenvalue weighted by molar-refractivity contribution is 5.46. The van der Waals surface area contributed by atoms with E-state index in [1.54, 1.807) is 6.07 Å². The minimum absolute atomic E-state index is 0.0466. The highest BCUT2D eigenvalue weighted by Gasteiger charge is 2.32. The third kappa shape index (κ3) is 3.93. The zero-order valence-electron chi connectivity index (χ0n) is 13.2. The molecule has 1 atom stereocenters. The molecule has 1 N–H and O–H groups in total. The molecule has 1 fully saturated rings. The number of nitrogens with one attached hydrogen (secondary N) is 1. The number of anilines is 2. The Labute approximate surface area is 137 Å². The van der Waals surface area contributed by atoms with E-state index in [1.807, 2.05) is 19.1 Å². The molecule has 0 bridgehead atoms. The molecular weight excluding hydrogens is 319 g/mol. The first-order valence-corrected chi connectivity index (χ1v) is 7.77. The molecule has 0 radical (unpaired) electrons. The molecular formula is C16H18F3N5. The molecule has 8 heteroatoms. The van der Waals surface area contributed by atoms with Gasteiger partial charge in [-0.25, -0.2) is 0 Å². The number of halogens is 3. The molecule has 0 aliphatic carbocycles. The Morgan fingerprint density at radius 3 is 2.75 bits per heavy atom. The lowest BCUT2D eigenvalue weighted by Crippen LogP contribution is -2.42.